The van der Waals surface area contributed by atoms with Crippen molar-refractivity contribution in [3.63, 3.8) is 0 Å². The Labute approximate surface area is 170 Å². The number of ketones is 1. The van der Waals surface area contributed by atoms with E-state index in [0.29, 0.717) is 24.2 Å². The maximum Gasteiger partial charge on any atom is 0.345 e. The molecular weight excluding hydrogens is 389 g/mol. The predicted molar refractivity (Wildman–Crippen MR) is 105 cm³/mol. The molecule has 5 rings (SSSR count). The van der Waals surface area contributed by atoms with Gasteiger partial charge in [0.05, 0.1) is 0 Å². The normalized spacial score (nSPS) is 17.6. The molecule has 0 fully saturated rings. The molecule has 30 heavy (non-hydrogen) atoms. The Morgan fingerprint density at radius 3 is 3.00 bits per heavy atom. The zero-order valence-electron chi connectivity index (χ0n) is 15.7. The molecule has 0 bridgehead atoms. The minimum Gasteiger partial charge on any atom is -0.477 e. The number of nitrogens with zero attached hydrogens (tertiary/aromatic N) is 2. The van der Waals surface area contributed by atoms with E-state index in [9.17, 15) is 19.1 Å². The summed E-state index contributed by atoms with van der Waals surface area (Å²) in [6, 6.07) is 8.17. The highest BCUT2D eigenvalue weighted by Gasteiger charge is 2.39. The smallest absolute Gasteiger partial charge is 0.345 e. The van der Waals surface area contributed by atoms with Crippen molar-refractivity contribution in [3.05, 3.63) is 82.4 Å². The molecule has 3 aromatic rings. The number of carbonyl (C=O) groups is 2. The van der Waals surface area contributed by atoms with E-state index in [-0.39, 0.29) is 24.0 Å². The summed E-state index contributed by atoms with van der Waals surface area (Å²) in [5.41, 5.74) is 2.64. The van der Waals surface area contributed by atoms with E-state index in [2.05, 4.69) is 9.97 Å². The molecule has 2 aliphatic heterocycles. The van der Waals surface area contributed by atoms with Crippen molar-refractivity contribution < 1.29 is 23.8 Å². The molecule has 0 saturated heterocycles. The number of Topliss-reactive ketones (excluding diaryl/α,β-unsaturated/α-hetero) is 1. The van der Waals surface area contributed by atoms with Crippen LogP contribution in [0, 0.1) is 5.82 Å². The van der Waals surface area contributed by atoms with E-state index in [4.69, 9.17) is 4.74 Å². The van der Waals surface area contributed by atoms with Gasteiger partial charge in [0.1, 0.15) is 11.5 Å². The maximum atomic E-state index is 13.6. The SMILES string of the molecule is O=C(O)C1=C(N2CCc3ccc(F)cc3C2)O/C(=C\c2c[nH]c3ncccc23)C1=O. The number of halogens is 1. The highest BCUT2D eigenvalue weighted by atomic mass is 19.1. The number of allylic oxidation sites excluding steroid dienone is 1. The summed E-state index contributed by atoms with van der Waals surface area (Å²) >= 11 is 0. The number of hydrogen-bond acceptors (Lipinski definition) is 5. The van der Waals surface area contributed by atoms with Gasteiger partial charge in [0, 0.05) is 36.4 Å². The number of carboxylic acid groups (broad SMARTS) is 1. The fourth-order valence-electron chi connectivity index (χ4n) is 3.86. The van der Waals surface area contributed by atoms with Crippen molar-refractivity contribution in [2.75, 3.05) is 6.54 Å². The predicted octanol–water partition coefficient (Wildman–Crippen LogP) is 3.00. The molecule has 2 N–H and O–H groups in total. The Bertz CT molecular complexity index is 1270. The lowest BCUT2D eigenvalue weighted by Crippen LogP contribution is -2.31. The largest absolute Gasteiger partial charge is 0.477 e. The number of aromatic amines is 1. The van der Waals surface area contributed by atoms with Gasteiger partial charge in [0.25, 0.3) is 0 Å². The van der Waals surface area contributed by atoms with Crippen molar-refractivity contribution in [2.24, 2.45) is 0 Å². The molecule has 0 atom stereocenters. The molecule has 0 saturated carbocycles. The highest BCUT2D eigenvalue weighted by Crippen LogP contribution is 2.33. The fourth-order valence-corrected chi connectivity index (χ4v) is 3.86. The van der Waals surface area contributed by atoms with Gasteiger partial charge in [-0.2, -0.15) is 0 Å². The van der Waals surface area contributed by atoms with Crippen LogP contribution in [-0.2, 0) is 27.3 Å². The lowest BCUT2D eigenvalue weighted by Gasteiger charge is -2.30. The first kappa shape index (κ1) is 18.1. The van der Waals surface area contributed by atoms with Gasteiger partial charge in [-0.25, -0.2) is 14.2 Å². The average molecular weight is 405 g/mol. The van der Waals surface area contributed by atoms with Gasteiger partial charge >= 0.3 is 5.97 Å². The summed E-state index contributed by atoms with van der Waals surface area (Å²) in [4.78, 5) is 33.5. The third kappa shape index (κ3) is 2.93. The van der Waals surface area contributed by atoms with Crippen LogP contribution in [0.15, 0.2) is 59.9 Å². The molecule has 2 aliphatic rings. The van der Waals surface area contributed by atoms with Crippen LogP contribution in [0.25, 0.3) is 17.1 Å². The molecule has 0 aliphatic carbocycles. The Hall–Kier alpha value is -3.94. The third-order valence-electron chi connectivity index (χ3n) is 5.32. The first-order valence-corrected chi connectivity index (χ1v) is 9.37. The summed E-state index contributed by atoms with van der Waals surface area (Å²) in [7, 11) is 0. The lowest BCUT2D eigenvalue weighted by molar-refractivity contribution is -0.134. The van der Waals surface area contributed by atoms with Gasteiger partial charge in [-0.15, -0.1) is 0 Å². The molecule has 1 aromatic carbocycles. The van der Waals surface area contributed by atoms with Crippen LogP contribution in [0.4, 0.5) is 4.39 Å². The first-order valence-electron chi connectivity index (χ1n) is 9.37. The molecule has 8 heteroatoms. The Morgan fingerprint density at radius 1 is 1.30 bits per heavy atom. The second-order valence-electron chi connectivity index (χ2n) is 7.15. The van der Waals surface area contributed by atoms with Crippen LogP contribution >= 0.6 is 0 Å². The zero-order valence-corrected chi connectivity index (χ0v) is 15.7. The highest BCUT2D eigenvalue weighted by molar-refractivity contribution is 6.26. The van der Waals surface area contributed by atoms with Gasteiger partial charge in [-0.3, -0.25) is 4.79 Å². The molecule has 0 spiro atoms. The van der Waals surface area contributed by atoms with Gasteiger partial charge in [-0.1, -0.05) is 6.07 Å². The lowest BCUT2D eigenvalue weighted by atomic mass is 9.99. The van der Waals surface area contributed by atoms with Crippen molar-refractivity contribution >= 4 is 28.9 Å². The molecule has 7 nitrogen and oxygen atoms in total. The topological polar surface area (TPSA) is 95.5 Å². The van der Waals surface area contributed by atoms with E-state index in [1.54, 1.807) is 29.4 Å². The van der Waals surface area contributed by atoms with Crippen molar-refractivity contribution in [1.29, 1.82) is 0 Å². The minimum absolute atomic E-state index is 0.00775. The number of aliphatic carboxylic acids is 1. The Kier molecular flexibility index (Phi) is 4.13. The standard InChI is InChI=1S/C22H16FN3O4/c23-15-4-3-12-5-7-26(11-14(12)8-15)21-18(22(28)29)19(27)17(30-21)9-13-10-25-20-16(13)2-1-6-24-20/h1-4,6,8-10H,5,7,11H2,(H,24,25)(H,28,29)/b17-9-. The number of hydrogen-bond donors (Lipinski definition) is 2. The number of fused-ring (bicyclic) bond motifs is 2. The summed E-state index contributed by atoms with van der Waals surface area (Å²) in [5, 5.41) is 10.4. The van der Waals surface area contributed by atoms with Crippen LogP contribution in [0.2, 0.25) is 0 Å². The Morgan fingerprint density at radius 2 is 2.17 bits per heavy atom. The van der Waals surface area contributed by atoms with Crippen LogP contribution in [-0.4, -0.2) is 38.3 Å². The van der Waals surface area contributed by atoms with Crippen molar-refractivity contribution in [3.8, 4) is 0 Å². The number of ether oxygens (including phenoxy) is 1. The molecule has 0 radical (unpaired) electrons. The van der Waals surface area contributed by atoms with E-state index in [1.165, 1.54) is 18.2 Å². The molecule has 0 unspecified atom stereocenters. The van der Waals surface area contributed by atoms with E-state index < -0.39 is 17.3 Å². The second kappa shape index (κ2) is 6.84. The number of pyridine rings is 1. The van der Waals surface area contributed by atoms with E-state index >= 15 is 0 Å². The molecule has 0 amide bonds. The van der Waals surface area contributed by atoms with Crippen molar-refractivity contribution in [2.45, 2.75) is 13.0 Å². The van der Waals surface area contributed by atoms with Gasteiger partial charge in [0.15, 0.2) is 11.3 Å². The van der Waals surface area contributed by atoms with Crippen LogP contribution in [0.3, 0.4) is 0 Å². The minimum atomic E-state index is -1.36. The number of benzene rings is 1. The van der Waals surface area contributed by atoms with E-state index in [1.807, 2.05) is 6.07 Å². The summed E-state index contributed by atoms with van der Waals surface area (Å²) in [5.74, 6) is -2.49. The van der Waals surface area contributed by atoms with Crippen LogP contribution in [0.5, 0.6) is 0 Å². The monoisotopic (exact) mass is 405 g/mol. The van der Waals surface area contributed by atoms with Crippen LogP contribution in [0.1, 0.15) is 16.7 Å². The number of rotatable bonds is 3. The molecular formula is C22H16FN3O4. The number of carboxylic acids is 1. The van der Waals surface area contributed by atoms with E-state index in [0.717, 1.165) is 16.5 Å². The summed E-state index contributed by atoms with van der Waals surface area (Å²) < 4.78 is 19.4. The Balaban J connectivity index is 1.50. The number of nitrogens with one attached hydrogen (secondary N) is 1. The summed E-state index contributed by atoms with van der Waals surface area (Å²) in [6.45, 7) is 0.721. The number of aromatic nitrogens is 2. The van der Waals surface area contributed by atoms with Crippen molar-refractivity contribution in [1.82, 2.24) is 14.9 Å². The average Bonchev–Trinajstić information content (AvgIpc) is 3.29. The van der Waals surface area contributed by atoms with Gasteiger partial charge < -0.3 is 19.7 Å². The van der Waals surface area contributed by atoms with Gasteiger partial charge in [-0.05, 0) is 47.9 Å². The van der Waals surface area contributed by atoms with Gasteiger partial charge in [0.2, 0.25) is 11.7 Å². The summed E-state index contributed by atoms with van der Waals surface area (Å²) in [6.07, 6.45) is 5.43. The molecule has 2 aromatic heterocycles. The molecule has 4 heterocycles. The number of carbonyl (C=O) groups excluding carboxylic acids is 1. The molecule has 150 valence electrons. The maximum absolute atomic E-state index is 13.6. The third-order valence-corrected chi connectivity index (χ3v) is 5.32. The fraction of sp³-hybridized carbons (Fsp3) is 0.136. The number of H-pyrrole nitrogens is 1. The first-order chi connectivity index (χ1) is 14.5. The second-order valence-corrected chi connectivity index (χ2v) is 7.15. The van der Waals surface area contributed by atoms with Crippen LogP contribution < -0.4 is 0 Å². The zero-order chi connectivity index (χ0) is 20.8. The quantitative estimate of drug-likeness (QED) is 0.514.